The fourth-order valence-electron chi connectivity index (χ4n) is 2.72. The number of hydrogen-bond acceptors (Lipinski definition) is 5. The van der Waals surface area contributed by atoms with Gasteiger partial charge < -0.3 is 11.1 Å². The van der Waals surface area contributed by atoms with Crippen LogP contribution < -0.4 is 11.1 Å². The molecule has 3 rings (SSSR count). The number of fused-ring (bicyclic) bond motifs is 1. The molecule has 1 saturated carbocycles. The molecular formula is C12H18N6. The summed E-state index contributed by atoms with van der Waals surface area (Å²) in [5.41, 5.74) is 6.62. The van der Waals surface area contributed by atoms with E-state index in [1.165, 1.54) is 19.3 Å². The molecule has 2 aromatic rings. The molecule has 18 heavy (non-hydrogen) atoms. The van der Waals surface area contributed by atoms with Gasteiger partial charge in [0.25, 0.3) is 0 Å². The van der Waals surface area contributed by atoms with Gasteiger partial charge >= 0.3 is 0 Å². The summed E-state index contributed by atoms with van der Waals surface area (Å²) in [6.45, 7) is 0.730. The van der Waals surface area contributed by atoms with Gasteiger partial charge in [-0.05, 0) is 25.3 Å². The minimum Gasteiger partial charge on any atom is -0.364 e. The van der Waals surface area contributed by atoms with Crippen molar-refractivity contribution in [3.63, 3.8) is 0 Å². The zero-order chi connectivity index (χ0) is 12.4. The van der Waals surface area contributed by atoms with Crippen molar-refractivity contribution in [2.45, 2.75) is 31.7 Å². The topological polar surface area (TPSA) is 81.1 Å². The van der Waals surface area contributed by atoms with Gasteiger partial charge in [0, 0.05) is 18.4 Å². The standard InChI is InChI=1S/C12H18N6/c13-7-9-3-1-2-4-10(9)16-11-12-17-15-8-18(12)6-5-14-11/h5-6,8-10H,1-4,7,13H2,(H,14,16). The van der Waals surface area contributed by atoms with Crippen molar-refractivity contribution in [1.82, 2.24) is 19.6 Å². The van der Waals surface area contributed by atoms with E-state index in [0.29, 0.717) is 12.0 Å². The maximum Gasteiger partial charge on any atom is 0.203 e. The highest BCUT2D eigenvalue weighted by Crippen LogP contribution is 2.26. The summed E-state index contributed by atoms with van der Waals surface area (Å²) in [5.74, 6) is 1.34. The SMILES string of the molecule is NCC1CCCCC1Nc1nccn2cnnc12. The number of nitrogens with one attached hydrogen (secondary N) is 1. The average molecular weight is 246 g/mol. The first kappa shape index (κ1) is 11.4. The number of hydrogen-bond donors (Lipinski definition) is 2. The van der Waals surface area contributed by atoms with E-state index >= 15 is 0 Å². The van der Waals surface area contributed by atoms with Crippen molar-refractivity contribution in [2.24, 2.45) is 11.7 Å². The average Bonchev–Trinajstić information content (AvgIpc) is 2.89. The van der Waals surface area contributed by atoms with Crippen LogP contribution in [0.5, 0.6) is 0 Å². The fourth-order valence-corrected chi connectivity index (χ4v) is 2.72. The van der Waals surface area contributed by atoms with Crippen molar-refractivity contribution in [1.29, 1.82) is 0 Å². The van der Waals surface area contributed by atoms with Crippen LogP contribution in [0.15, 0.2) is 18.7 Å². The molecule has 0 spiro atoms. The van der Waals surface area contributed by atoms with Crippen molar-refractivity contribution in [3.8, 4) is 0 Å². The molecule has 0 amide bonds. The second-order valence-electron chi connectivity index (χ2n) is 4.87. The monoisotopic (exact) mass is 246 g/mol. The molecule has 0 radical (unpaired) electrons. The van der Waals surface area contributed by atoms with Gasteiger partial charge in [0.05, 0.1) is 0 Å². The zero-order valence-electron chi connectivity index (χ0n) is 10.3. The number of aromatic nitrogens is 4. The molecule has 0 aliphatic heterocycles. The predicted molar refractivity (Wildman–Crippen MR) is 69.2 cm³/mol. The Morgan fingerprint density at radius 3 is 3.17 bits per heavy atom. The van der Waals surface area contributed by atoms with Crippen LogP contribution in [-0.2, 0) is 0 Å². The summed E-state index contributed by atoms with van der Waals surface area (Å²) in [7, 11) is 0. The maximum atomic E-state index is 5.85. The van der Waals surface area contributed by atoms with Gasteiger partial charge in [-0.1, -0.05) is 12.8 Å². The van der Waals surface area contributed by atoms with E-state index in [4.69, 9.17) is 5.73 Å². The number of anilines is 1. The fraction of sp³-hybridized carbons (Fsp3) is 0.583. The molecule has 2 aromatic heterocycles. The van der Waals surface area contributed by atoms with E-state index in [1.54, 1.807) is 12.5 Å². The molecule has 6 heteroatoms. The Hall–Kier alpha value is -1.69. The van der Waals surface area contributed by atoms with Crippen molar-refractivity contribution in [3.05, 3.63) is 18.7 Å². The van der Waals surface area contributed by atoms with Crippen LogP contribution in [0.3, 0.4) is 0 Å². The highest BCUT2D eigenvalue weighted by molar-refractivity contribution is 5.61. The van der Waals surface area contributed by atoms with Crippen LogP contribution >= 0.6 is 0 Å². The Morgan fingerprint density at radius 1 is 1.39 bits per heavy atom. The minimum absolute atomic E-state index is 0.402. The largest absolute Gasteiger partial charge is 0.364 e. The summed E-state index contributed by atoms with van der Waals surface area (Å²) in [6, 6.07) is 0.402. The minimum atomic E-state index is 0.402. The van der Waals surface area contributed by atoms with Gasteiger partial charge in [-0.15, -0.1) is 10.2 Å². The lowest BCUT2D eigenvalue weighted by Crippen LogP contribution is -2.37. The van der Waals surface area contributed by atoms with E-state index in [1.807, 2.05) is 10.6 Å². The molecule has 0 aromatic carbocycles. The van der Waals surface area contributed by atoms with Crippen LogP contribution in [0.4, 0.5) is 5.82 Å². The van der Waals surface area contributed by atoms with Gasteiger partial charge in [-0.2, -0.15) is 0 Å². The second kappa shape index (κ2) is 4.89. The van der Waals surface area contributed by atoms with Gasteiger partial charge in [0.15, 0.2) is 5.82 Å². The van der Waals surface area contributed by atoms with E-state index in [-0.39, 0.29) is 0 Å². The van der Waals surface area contributed by atoms with Gasteiger partial charge in [0.2, 0.25) is 5.65 Å². The first-order chi connectivity index (χ1) is 8.88. The lowest BCUT2D eigenvalue weighted by atomic mass is 9.84. The van der Waals surface area contributed by atoms with Crippen LogP contribution in [0.25, 0.3) is 5.65 Å². The third-order valence-electron chi connectivity index (χ3n) is 3.75. The molecule has 2 atom stereocenters. The molecule has 6 nitrogen and oxygen atoms in total. The third kappa shape index (κ3) is 2.03. The molecule has 0 saturated heterocycles. The quantitative estimate of drug-likeness (QED) is 0.846. The van der Waals surface area contributed by atoms with E-state index < -0.39 is 0 Å². The Balaban J connectivity index is 1.84. The molecule has 2 heterocycles. The Kier molecular flexibility index (Phi) is 3.10. The Bertz CT molecular complexity index is 522. The highest BCUT2D eigenvalue weighted by Gasteiger charge is 2.24. The predicted octanol–water partition coefficient (Wildman–Crippen LogP) is 1.05. The van der Waals surface area contributed by atoms with Crippen LogP contribution in [0.2, 0.25) is 0 Å². The second-order valence-corrected chi connectivity index (χ2v) is 4.87. The van der Waals surface area contributed by atoms with Gasteiger partial charge in [0.1, 0.15) is 6.33 Å². The van der Waals surface area contributed by atoms with E-state index in [2.05, 4.69) is 20.5 Å². The summed E-state index contributed by atoms with van der Waals surface area (Å²) >= 11 is 0. The highest BCUT2D eigenvalue weighted by atomic mass is 15.2. The summed E-state index contributed by atoms with van der Waals surface area (Å²) in [6.07, 6.45) is 10.2. The summed E-state index contributed by atoms with van der Waals surface area (Å²) in [4.78, 5) is 4.37. The third-order valence-corrected chi connectivity index (χ3v) is 3.75. The van der Waals surface area contributed by atoms with Crippen LogP contribution in [0.1, 0.15) is 25.7 Å². The van der Waals surface area contributed by atoms with Crippen LogP contribution in [0, 0.1) is 5.92 Å². The molecule has 2 unspecified atom stereocenters. The molecule has 1 aliphatic carbocycles. The molecule has 96 valence electrons. The summed E-state index contributed by atoms with van der Waals surface area (Å²) in [5, 5.41) is 11.5. The first-order valence-electron chi connectivity index (χ1n) is 6.49. The van der Waals surface area contributed by atoms with Crippen LogP contribution in [-0.4, -0.2) is 32.2 Å². The lowest BCUT2D eigenvalue weighted by molar-refractivity contribution is 0.332. The van der Waals surface area contributed by atoms with Crippen molar-refractivity contribution >= 4 is 11.5 Å². The number of nitrogens with two attached hydrogens (primary N) is 1. The maximum absolute atomic E-state index is 5.85. The molecule has 1 aliphatic rings. The number of rotatable bonds is 3. The normalized spacial score (nSPS) is 24.3. The number of nitrogens with zero attached hydrogens (tertiary/aromatic N) is 4. The molecule has 0 bridgehead atoms. The Labute approximate surface area is 106 Å². The molecular weight excluding hydrogens is 228 g/mol. The van der Waals surface area contributed by atoms with E-state index in [9.17, 15) is 0 Å². The smallest absolute Gasteiger partial charge is 0.203 e. The zero-order valence-corrected chi connectivity index (χ0v) is 10.3. The van der Waals surface area contributed by atoms with Crippen molar-refractivity contribution < 1.29 is 0 Å². The van der Waals surface area contributed by atoms with Gasteiger partial charge in [-0.3, -0.25) is 4.40 Å². The lowest BCUT2D eigenvalue weighted by Gasteiger charge is -2.31. The van der Waals surface area contributed by atoms with Crippen molar-refractivity contribution in [2.75, 3.05) is 11.9 Å². The van der Waals surface area contributed by atoms with E-state index in [0.717, 1.165) is 24.4 Å². The molecule has 3 N–H and O–H groups in total. The van der Waals surface area contributed by atoms with Gasteiger partial charge in [-0.25, -0.2) is 4.98 Å². The first-order valence-corrected chi connectivity index (χ1v) is 6.49. The Morgan fingerprint density at radius 2 is 2.28 bits per heavy atom. The summed E-state index contributed by atoms with van der Waals surface area (Å²) < 4.78 is 1.87. The molecule has 1 fully saturated rings.